The summed E-state index contributed by atoms with van der Waals surface area (Å²) in [6.45, 7) is 10.8. The van der Waals surface area contributed by atoms with Gasteiger partial charge in [-0.3, -0.25) is 4.68 Å². The predicted octanol–water partition coefficient (Wildman–Crippen LogP) is 3.22. The number of aryl methyl sites for hydroxylation is 3. The summed E-state index contributed by atoms with van der Waals surface area (Å²) in [4.78, 5) is 0. The van der Waals surface area contributed by atoms with Crippen molar-refractivity contribution in [3.8, 4) is 0 Å². The molecule has 1 unspecified atom stereocenters. The van der Waals surface area contributed by atoms with Crippen LogP contribution in [0.2, 0.25) is 0 Å². The Kier molecular flexibility index (Phi) is 3.76. The lowest BCUT2D eigenvalue weighted by molar-refractivity contribution is 0.197. The van der Waals surface area contributed by atoms with Crippen LogP contribution in [0.5, 0.6) is 0 Å². The van der Waals surface area contributed by atoms with Crippen molar-refractivity contribution in [1.29, 1.82) is 0 Å². The van der Waals surface area contributed by atoms with Gasteiger partial charge in [-0.15, -0.1) is 0 Å². The van der Waals surface area contributed by atoms with Crippen LogP contribution in [-0.2, 0) is 6.54 Å². The zero-order chi connectivity index (χ0) is 14.2. The molecule has 1 aromatic carbocycles. The van der Waals surface area contributed by atoms with E-state index < -0.39 is 6.10 Å². The molecule has 0 saturated heterocycles. The molecular formula is C16H22N2O. The van der Waals surface area contributed by atoms with Gasteiger partial charge in [-0.1, -0.05) is 18.2 Å². The third kappa shape index (κ3) is 2.56. The summed E-state index contributed by atoms with van der Waals surface area (Å²) in [6.07, 6.45) is -0.466. The van der Waals surface area contributed by atoms with E-state index in [1.807, 2.05) is 18.5 Å². The van der Waals surface area contributed by atoms with Gasteiger partial charge >= 0.3 is 0 Å². The highest BCUT2D eigenvalue weighted by Gasteiger charge is 2.16. The molecule has 0 radical (unpaired) electrons. The van der Waals surface area contributed by atoms with Crippen molar-refractivity contribution < 1.29 is 5.11 Å². The summed E-state index contributed by atoms with van der Waals surface area (Å²) in [5, 5.41) is 14.4. The average molecular weight is 258 g/mol. The average Bonchev–Trinajstić information content (AvgIpc) is 2.59. The Morgan fingerprint density at radius 2 is 1.74 bits per heavy atom. The molecule has 1 N–H and O–H groups in total. The van der Waals surface area contributed by atoms with Crippen LogP contribution in [-0.4, -0.2) is 14.9 Å². The largest absolute Gasteiger partial charge is 0.389 e. The van der Waals surface area contributed by atoms with Gasteiger partial charge in [-0.25, -0.2) is 0 Å². The predicted molar refractivity (Wildman–Crippen MR) is 77.4 cm³/mol. The van der Waals surface area contributed by atoms with E-state index >= 15 is 0 Å². The zero-order valence-corrected chi connectivity index (χ0v) is 12.4. The summed E-state index contributed by atoms with van der Waals surface area (Å²) >= 11 is 0. The van der Waals surface area contributed by atoms with E-state index in [1.54, 1.807) is 6.92 Å². The molecular weight excluding hydrogens is 236 g/mol. The first-order valence-electron chi connectivity index (χ1n) is 6.69. The Labute approximate surface area is 114 Å². The van der Waals surface area contributed by atoms with Crippen LogP contribution in [0.25, 0.3) is 0 Å². The van der Waals surface area contributed by atoms with Crippen LogP contribution in [0, 0.1) is 27.7 Å². The van der Waals surface area contributed by atoms with Gasteiger partial charge in [0.2, 0.25) is 0 Å². The zero-order valence-electron chi connectivity index (χ0n) is 12.4. The van der Waals surface area contributed by atoms with Crippen molar-refractivity contribution in [2.75, 3.05) is 0 Å². The number of aliphatic hydroxyl groups is 1. The summed E-state index contributed by atoms with van der Waals surface area (Å²) in [6, 6.07) is 6.34. The van der Waals surface area contributed by atoms with Crippen LogP contribution >= 0.6 is 0 Å². The molecule has 0 bridgehead atoms. The SMILES string of the molecule is Cc1cccc(C)c1Cn1nc(C)c(C(C)O)c1C. The second-order valence-corrected chi connectivity index (χ2v) is 5.29. The highest BCUT2D eigenvalue weighted by Crippen LogP contribution is 2.23. The maximum atomic E-state index is 9.82. The topological polar surface area (TPSA) is 38.0 Å². The molecule has 0 aliphatic rings. The number of benzene rings is 1. The third-order valence-electron chi connectivity index (χ3n) is 3.81. The van der Waals surface area contributed by atoms with Crippen LogP contribution in [0.15, 0.2) is 18.2 Å². The number of aromatic nitrogens is 2. The van der Waals surface area contributed by atoms with Gasteiger partial charge in [-0.2, -0.15) is 5.10 Å². The lowest BCUT2D eigenvalue weighted by Gasteiger charge is -2.12. The van der Waals surface area contributed by atoms with Crippen molar-refractivity contribution in [3.05, 3.63) is 51.8 Å². The van der Waals surface area contributed by atoms with Gasteiger partial charge in [0, 0.05) is 11.3 Å². The number of aliphatic hydroxyl groups excluding tert-OH is 1. The number of nitrogens with zero attached hydrogens (tertiary/aromatic N) is 2. The normalized spacial score (nSPS) is 12.7. The summed E-state index contributed by atoms with van der Waals surface area (Å²) < 4.78 is 1.99. The molecule has 0 aliphatic heterocycles. The van der Waals surface area contributed by atoms with E-state index in [1.165, 1.54) is 16.7 Å². The molecule has 2 rings (SSSR count). The lowest BCUT2D eigenvalue weighted by atomic mass is 10.0. The van der Waals surface area contributed by atoms with Crippen LogP contribution < -0.4 is 0 Å². The van der Waals surface area contributed by atoms with E-state index in [0.717, 1.165) is 23.5 Å². The molecule has 102 valence electrons. The first-order valence-corrected chi connectivity index (χ1v) is 6.69. The molecule has 3 heteroatoms. The Bertz CT molecular complexity index is 577. The molecule has 1 heterocycles. The van der Waals surface area contributed by atoms with E-state index in [2.05, 4.69) is 37.1 Å². The standard InChI is InChI=1S/C16H22N2O/c1-10-7-6-8-11(2)15(10)9-18-13(4)16(14(5)19)12(3)17-18/h6-8,14,19H,9H2,1-5H3. The molecule has 3 nitrogen and oxygen atoms in total. The molecule has 1 atom stereocenters. The quantitative estimate of drug-likeness (QED) is 0.918. The molecule has 19 heavy (non-hydrogen) atoms. The van der Waals surface area contributed by atoms with Crippen molar-refractivity contribution in [1.82, 2.24) is 9.78 Å². The van der Waals surface area contributed by atoms with Gasteiger partial charge in [0.1, 0.15) is 0 Å². The highest BCUT2D eigenvalue weighted by atomic mass is 16.3. The Morgan fingerprint density at radius 1 is 1.16 bits per heavy atom. The fraction of sp³-hybridized carbons (Fsp3) is 0.438. The Hall–Kier alpha value is -1.61. The third-order valence-corrected chi connectivity index (χ3v) is 3.81. The number of rotatable bonds is 3. The lowest BCUT2D eigenvalue weighted by Crippen LogP contribution is -2.07. The van der Waals surface area contributed by atoms with Crippen molar-refractivity contribution in [2.24, 2.45) is 0 Å². The molecule has 0 aliphatic carbocycles. The molecule has 0 amide bonds. The summed E-state index contributed by atoms with van der Waals surface area (Å²) in [7, 11) is 0. The number of hydrogen-bond donors (Lipinski definition) is 1. The minimum Gasteiger partial charge on any atom is -0.389 e. The molecule has 2 aromatic rings. The van der Waals surface area contributed by atoms with E-state index in [9.17, 15) is 5.11 Å². The second kappa shape index (κ2) is 5.17. The van der Waals surface area contributed by atoms with Gasteiger partial charge in [-0.05, 0) is 51.3 Å². The molecule has 1 aromatic heterocycles. The van der Waals surface area contributed by atoms with Gasteiger partial charge < -0.3 is 5.11 Å². The van der Waals surface area contributed by atoms with Crippen LogP contribution in [0.4, 0.5) is 0 Å². The summed E-state index contributed by atoms with van der Waals surface area (Å²) in [5.74, 6) is 0. The minimum atomic E-state index is -0.466. The molecule has 0 spiro atoms. The highest BCUT2D eigenvalue weighted by molar-refractivity contribution is 5.35. The first kappa shape index (κ1) is 13.8. The van der Waals surface area contributed by atoms with E-state index in [0.29, 0.717) is 0 Å². The van der Waals surface area contributed by atoms with Crippen molar-refractivity contribution in [3.63, 3.8) is 0 Å². The van der Waals surface area contributed by atoms with Crippen LogP contribution in [0.3, 0.4) is 0 Å². The molecule has 0 saturated carbocycles. The first-order chi connectivity index (χ1) is 8.91. The smallest absolute Gasteiger partial charge is 0.0797 e. The number of hydrogen-bond acceptors (Lipinski definition) is 2. The van der Waals surface area contributed by atoms with Gasteiger partial charge in [0.15, 0.2) is 0 Å². The monoisotopic (exact) mass is 258 g/mol. The maximum Gasteiger partial charge on any atom is 0.0797 e. The second-order valence-electron chi connectivity index (χ2n) is 5.29. The Morgan fingerprint density at radius 3 is 2.21 bits per heavy atom. The van der Waals surface area contributed by atoms with E-state index in [-0.39, 0.29) is 0 Å². The van der Waals surface area contributed by atoms with Crippen molar-refractivity contribution in [2.45, 2.75) is 47.3 Å². The molecule has 0 fully saturated rings. The summed E-state index contributed by atoms with van der Waals surface area (Å²) in [5.41, 5.74) is 6.79. The maximum absolute atomic E-state index is 9.82. The fourth-order valence-electron chi connectivity index (χ4n) is 2.72. The van der Waals surface area contributed by atoms with Gasteiger partial charge in [0.05, 0.1) is 18.3 Å². The van der Waals surface area contributed by atoms with Gasteiger partial charge in [0.25, 0.3) is 0 Å². The Balaban J connectivity index is 2.42. The van der Waals surface area contributed by atoms with Crippen LogP contribution in [0.1, 0.15) is 46.7 Å². The van der Waals surface area contributed by atoms with Crippen molar-refractivity contribution >= 4 is 0 Å². The van der Waals surface area contributed by atoms with E-state index in [4.69, 9.17) is 0 Å². The minimum absolute atomic E-state index is 0.466. The fourth-order valence-corrected chi connectivity index (χ4v) is 2.72.